The smallest absolute Gasteiger partial charge is 0.370 e. The summed E-state index contributed by atoms with van der Waals surface area (Å²) in [5.74, 6) is 0. The van der Waals surface area contributed by atoms with Crippen molar-refractivity contribution in [2.75, 3.05) is 39.6 Å². The second-order valence-corrected chi connectivity index (χ2v) is 12.8. The molecule has 0 aliphatic carbocycles. The molecule has 1 aromatic heterocycles. The topological polar surface area (TPSA) is 88.2 Å². The van der Waals surface area contributed by atoms with E-state index in [1.807, 2.05) is 77.9 Å². The molecule has 3 rings (SSSR count). The van der Waals surface area contributed by atoms with E-state index in [0.717, 1.165) is 21.4 Å². The zero-order chi connectivity index (χ0) is 25.5. The molecule has 10 heteroatoms. The van der Waals surface area contributed by atoms with Crippen LogP contribution in [0.3, 0.4) is 0 Å². The normalized spacial score (nSPS) is 12.6. The molecular formula is C25H37NO7Si2. The highest BCUT2D eigenvalue weighted by Gasteiger charge is 2.44. The molecule has 3 aromatic rings. The highest BCUT2D eigenvalue weighted by Crippen LogP contribution is 2.19. The second-order valence-electron chi connectivity index (χ2n) is 7.69. The maximum absolute atomic E-state index is 13.8. The van der Waals surface area contributed by atoms with Crippen molar-refractivity contribution in [2.24, 2.45) is 0 Å². The Hall–Kier alpha value is -1.90. The summed E-state index contributed by atoms with van der Waals surface area (Å²) in [5.41, 5.74) is 1.36. The third-order valence-corrected chi connectivity index (χ3v) is 11.6. The fraction of sp³-hybridized carbons (Fsp3) is 0.480. The molecular weight excluding hydrogens is 482 g/mol. The predicted molar refractivity (Wildman–Crippen MR) is 143 cm³/mol. The summed E-state index contributed by atoms with van der Waals surface area (Å²) in [6.07, 6.45) is 0. The van der Waals surface area contributed by atoms with E-state index >= 15 is 0 Å². The van der Waals surface area contributed by atoms with Crippen LogP contribution >= 0.6 is 0 Å². The summed E-state index contributed by atoms with van der Waals surface area (Å²) in [6.45, 7) is 14.1. The Labute approximate surface area is 209 Å². The first kappa shape index (κ1) is 27.7. The molecule has 1 heterocycles. The second kappa shape index (κ2) is 12.4. The average molecular weight is 520 g/mol. The molecule has 0 aliphatic heterocycles. The van der Waals surface area contributed by atoms with Gasteiger partial charge in [0.05, 0.1) is 0 Å². The van der Waals surface area contributed by atoms with E-state index in [9.17, 15) is 4.79 Å². The number of pyridine rings is 1. The largest absolute Gasteiger partial charge is 0.537 e. The lowest BCUT2D eigenvalue weighted by Crippen LogP contribution is -2.57. The van der Waals surface area contributed by atoms with Crippen molar-refractivity contribution in [3.8, 4) is 0 Å². The lowest BCUT2D eigenvalue weighted by Gasteiger charge is -2.29. The fourth-order valence-corrected chi connectivity index (χ4v) is 9.24. The van der Waals surface area contributed by atoms with Crippen molar-refractivity contribution in [2.45, 2.75) is 41.5 Å². The Morgan fingerprint density at radius 1 is 0.571 bits per heavy atom. The van der Waals surface area contributed by atoms with Crippen molar-refractivity contribution in [3.05, 3.63) is 46.6 Å². The van der Waals surface area contributed by atoms with Gasteiger partial charge in [0.1, 0.15) is 0 Å². The first-order valence-corrected chi connectivity index (χ1v) is 15.8. The minimum absolute atomic E-state index is 0.0998. The number of hydrogen-bond acceptors (Lipinski definition) is 7. The Kier molecular flexibility index (Phi) is 9.79. The van der Waals surface area contributed by atoms with Crippen LogP contribution in [-0.2, 0) is 26.6 Å². The van der Waals surface area contributed by atoms with Gasteiger partial charge in [0, 0.05) is 71.8 Å². The maximum Gasteiger partial charge on any atom is 0.537 e. The molecule has 0 bridgehead atoms. The predicted octanol–water partition coefficient (Wildman–Crippen LogP) is 3.19. The van der Waals surface area contributed by atoms with Crippen LogP contribution in [0.2, 0.25) is 0 Å². The van der Waals surface area contributed by atoms with Crippen LogP contribution in [0, 0.1) is 0 Å². The van der Waals surface area contributed by atoms with Gasteiger partial charge in [-0.05, 0) is 65.8 Å². The fourth-order valence-electron chi connectivity index (χ4n) is 4.24. The summed E-state index contributed by atoms with van der Waals surface area (Å²) in [5, 5.41) is 2.61. The average Bonchev–Trinajstić information content (AvgIpc) is 2.84. The molecule has 0 saturated heterocycles. The Morgan fingerprint density at radius 2 is 0.886 bits per heavy atom. The first-order valence-electron chi connectivity index (χ1n) is 12.4. The van der Waals surface area contributed by atoms with Crippen LogP contribution in [0.4, 0.5) is 0 Å². The standard InChI is InChI=1S/C25H37NO7Si2/c1-7-28-34(29-8-2,30-9-3)19-13-15-23-21(17-19)25(27)22-18-20(14-16-24(22)26-23)35(31-10-4,32-11-5)33-12-6/h13-18H,7-12H2,1-6H3,(H,26,27). The third-order valence-electron chi connectivity index (χ3n) is 5.51. The molecule has 35 heavy (non-hydrogen) atoms. The van der Waals surface area contributed by atoms with Crippen LogP contribution in [0.15, 0.2) is 41.2 Å². The quantitative estimate of drug-likeness (QED) is 0.258. The molecule has 0 spiro atoms. The van der Waals surface area contributed by atoms with Crippen molar-refractivity contribution >= 4 is 49.8 Å². The van der Waals surface area contributed by atoms with E-state index in [2.05, 4.69) is 4.98 Å². The molecule has 0 atom stereocenters. The number of hydrogen-bond donors (Lipinski definition) is 1. The van der Waals surface area contributed by atoms with Crippen LogP contribution in [0.1, 0.15) is 41.5 Å². The molecule has 0 saturated carbocycles. The van der Waals surface area contributed by atoms with Gasteiger partial charge >= 0.3 is 17.6 Å². The van der Waals surface area contributed by atoms with Gasteiger partial charge in [-0.1, -0.05) is 12.1 Å². The number of benzene rings is 2. The minimum atomic E-state index is -3.16. The van der Waals surface area contributed by atoms with Gasteiger partial charge in [-0.2, -0.15) is 0 Å². The van der Waals surface area contributed by atoms with Crippen LogP contribution < -0.4 is 15.8 Å². The summed E-state index contributed by atoms with van der Waals surface area (Å²) in [7, 11) is -6.32. The van der Waals surface area contributed by atoms with E-state index in [4.69, 9.17) is 26.6 Å². The van der Waals surface area contributed by atoms with Gasteiger partial charge in [-0.3, -0.25) is 4.79 Å². The molecule has 8 nitrogen and oxygen atoms in total. The molecule has 0 unspecified atom stereocenters. The monoisotopic (exact) mass is 519 g/mol. The SMILES string of the molecule is CCO[Si](OCC)(OCC)c1ccc2[nH]c3ccc([Si](OCC)(OCC)OCC)cc3c(=O)c2c1. The zero-order valence-electron chi connectivity index (χ0n) is 21.6. The Balaban J connectivity index is 2.23. The van der Waals surface area contributed by atoms with Gasteiger partial charge in [0.15, 0.2) is 5.43 Å². The first-order chi connectivity index (χ1) is 16.9. The van der Waals surface area contributed by atoms with Crippen LogP contribution in [0.5, 0.6) is 0 Å². The molecule has 0 amide bonds. The lowest BCUT2D eigenvalue weighted by molar-refractivity contribution is 0.0852. The number of nitrogens with one attached hydrogen (secondary N) is 1. The van der Waals surface area contributed by atoms with Gasteiger partial charge in [0.2, 0.25) is 0 Å². The highest BCUT2D eigenvalue weighted by molar-refractivity contribution is 6.76. The van der Waals surface area contributed by atoms with Crippen molar-refractivity contribution in [1.29, 1.82) is 0 Å². The number of aromatic amines is 1. The summed E-state index contributed by atoms with van der Waals surface area (Å²) in [4.78, 5) is 17.1. The lowest BCUT2D eigenvalue weighted by atomic mass is 10.1. The number of rotatable bonds is 14. The minimum Gasteiger partial charge on any atom is -0.370 e. The number of aromatic nitrogens is 1. The summed E-state index contributed by atoms with van der Waals surface area (Å²) in [6, 6.07) is 11.3. The molecule has 2 aromatic carbocycles. The van der Waals surface area contributed by atoms with Crippen LogP contribution in [-0.4, -0.2) is 62.2 Å². The van der Waals surface area contributed by atoms with Crippen molar-refractivity contribution < 1.29 is 26.6 Å². The molecule has 192 valence electrons. The van der Waals surface area contributed by atoms with Gasteiger partial charge < -0.3 is 31.5 Å². The number of H-pyrrole nitrogens is 1. The Morgan fingerprint density at radius 3 is 1.17 bits per heavy atom. The highest BCUT2D eigenvalue weighted by atomic mass is 28.4. The van der Waals surface area contributed by atoms with Gasteiger partial charge in [0.25, 0.3) is 0 Å². The van der Waals surface area contributed by atoms with Crippen molar-refractivity contribution in [3.63, 3.8) is 0 Å². The molecule has 1 N–H and O–H groups in total. The van der Waals surface area contributed by atoms with Gasteiger partial charge in [-0.25, -0.2) is 0 Å². The maximum atomic E-state index is 13.8. The van der Waals surface area contributed by atoms with E-state index in [1.165, 1.54) is 0 Å². The van der Waals surface area contributed by atoms with E-state index in [0.29, 0.717) is 50.4 Å². The summed E-state index contributed by atoms with van der Waals surface area (Å²) >= 11 is 0. The zero-order valence-corrected chi connectivity index (χ0v) is 23.6. The number of fused-ring (bicyclic) bond motifs is 2. The van der Waals surface area contributed by atoms with Crippen LogP contribution in [0.25, 0.3) is 21.8 Å². The molecule has 0 fully saturated rings. The van der Waals surface area contributed by atoms with Crippen molar-refractivity contribution in [1.82, 2.24) is 4.98 Å². The molecule has 0 aliphatic rings. The summed E-state index contributed by atoms with van der Waals surface area (Å²) < 4.78 is 36.3. The van der Waals surface area contributed by atoms with Gasteiger partial charge in [-0.15, -0.1) is 0 Å². The third kappa shape index (κ3) is 5.60. The van der Waals surface area contributed by atoms with E-state index in [-0.39, 0.29) is 5.43 Å². The van der Waals surface area contributed by atoms with E-state index < -0.39 is 17.6 Å². The molecule has 0 radical (unpaired) electrons. The Bertz CT molecular complexity index is 1060. The van der Waals surface area contributed by atoms with E-state index in [1.54, 1.807) is 0 Å².